The minimum atomic E-state index is -0.798. The Hall–Kier alpha value is -2.14. The molecule has 2 aliphatic carbocycles. The molecule has 1 aromatic carbocycles. The molecule has 0 atom stereocenters. The summed E-state index contributed by atoms with van der Waals surface area (Å²) in [7, 11) is 0. The van der Waals surface area contributed by atoms with Crippen molar-refractivity contribution in [1.29, 1.82) is 0 Å². The summed E-state index contributed by atoms with van der Waals surface area (Å²) in [5.41, 5.74) is 0.106. The average Bonchev–Trinajstić information content (AvgIpc) is 2.59. The summed E-state index contributed by atoms with van der Waals surface area (Å²) >= 11 is 6.07. The van der Waals surface area contributed by atoms with Gasteiger partial charge >= 0.3 is 0 Å². The molecule has 0 heterocycles. The number of fused-ring (bicyclic) bond motifs is 2. The lowest BCUT2D eigenvalue weighted by Crippen LogP contribution is -2.46. The van der Waals surface area contributed by atoms with Gasteiger partial charge in [0.15, 0.2) is 5.78 Å². The van der Waals surface area contributed by atoms with E-state index in [-0.39, 0.29) is 29.4 Å². The number of ketones is 2. The van der Waals surface area contributed by atoms with Gasteiger partial charge < -0.3 is 10.4 Å². The number of aliphatic hydroxyl groups is 1. The van der Waals surface area contributed by atoms with Crippen LogP contribution < -0.4 is 5.32 Å². The van der Waals surface area contributed by atoms with Gasteiger partial charge in [-0.1, -0.05) is 36.9 Å². The summed E-state index contributed by atoms with van der Waals surface area (Å²) in [6.07, 6.45) is 4.09. The van der Waals surface area contributed by atoms with Crippen molar-refractivity contribution in [3.05, 3.63) is 39.9 Å². The average molecular weight is 362 g/mol. The first-order chi connectivity index (χ1) is 11.9. The van der Waals surface area contributed by atoms with Crippen LogP contribution in [0.2, 0.25) is 5.02 Å². The Kier molecular flexibility index (Phi) is 4.69. The molecule has 1 aromatic rings. The Balaban J connectivity index is 2.14. The van der Waals surface area contributed by atoms with Gasteiger partial charge in [0, 0.05) is 10.6 Å². The molecule has 0 bridgehead atoms. The van der Waals surface area contributed by atoms with Crippen LogP contribution in [-0.2, 0) is 19.8 Å². The van der Waals surface area contributed by atoms with E-state index in [1.54, 1.807) is 18.2 Å². The third-order valence-electron chi connectivity index (χ3n) is 5.08. The van der Waals surface area contributed by atoms with Crippen LogP contribution in [0.4, 0.5) is 0 Å². The van der Waals surface area contributed by atoms with Gasteiger partial charge in [0.05, 0.1) is 12.0 Å². The van der Waals surface area contributed by atoms with Gasteiger partial charge in [0.2, 0.25) is 0 Å². The van der Waals surface area contributed by atoms with Crippen LogP contribution in [-0.4, -0.2) is 29.1 Å². The van der Waals surface area contributed by atoms with Crippen LogP contribution in [0.5, 0.6) is 0 Å². The zero-order valence-electron chi connectivity index (χ0n) is 14.0. The van der Waals surface area contributed by atoms with Crippen LogP contribution in [0, 0.1) is 0 Å². The highest BCUT2D eigenvalue weighted by Crippen LogP contribution is 2.48. The lowest BCUT2D eigenvalue weighted by atomic mass is 9.61. The second-order valence-electron chi connectivity index (χ2n) is 6.77. The summed E-state index contributed by atoms with van der Waals surface area (Å²) in [4.78, 5) is 36.9. The highest BCUT2D eigenvalue weighted by molar-refractivity contribution is 6.32. The molecule has 3 rings (SSSR count). The molecule has 0 saturated heterocycles. The fourth-order valence-electron chi connectivity index (χ4n) is 3.89. The molecule has 0 unspecified atom stereocenters. The molecule has 2 aliphatic rings. The first-order valence-electron chi connectivity index (χ1n) is 8.43. The van der Waals surface area contributed by atoms with Crippen molar-refractivity contribution in [1.82, 2.24) is 5.32 Å². The number of aliphatic hydroxyl groups excluding tert-OH is 1. The van der Waals surface area contributed by atoms with E-state index in [4.69, 9.17) is 11.6 Å². The third-order valence-corrected chi connectivity index (χ3v) is 5.32. The number of carbonyl (C=O) groups excluding carboxylic acids is 3. The molecule has 5 nitrogen and oxygen atoms in total. The molecule has 1 amide bonds. The lowest BCUT2D eigenvalue weighted by Gasteiger charge is -2.40. The van der Waals surface area contributed by atoms with Gasteiger partial charge in [-0.2, -0.15) is 0 Å². The van der Waals surface area contributed by atoms with E-state index in [0.717, 1.165) is 24.8 Å². The number of hydrogen-bond donors (Lipinski definition) is 2. The maximum Gasteiger partial charge on any atom is 0.259 e. The minimum absolute atomic E-state index is 0.182. The zero-order chi connectivity index (χ0) is 18.2. The Labute approximate surface area is 151 Å². The van der Waals surface area contributed by atoms with Gasteiger partial charge in [-0.25, -0.2) is 0 Å². The van der Waals surface area contributed by atoms with Gasteiger partial charge in [-0.3, -0.25) is 14.4 Å². The zero-order valence-corrected chi connectivity index (χ0v) is 14.8. The molecular weight excluding hydrogens is 342 g/mol. The van der Waals surface area contributed by atoms with E-state index in [1.807, 2.05) is 0 Å². The van der Waals surface area contributed by atoms with Crippen molar-refractivity contribution in [3.8, 4) is 0 Å². The van der Waals surface area contributed by atoms with Crippen molar-refractivity contribution in [3.63, 3.8) is 0 Å². The van der Waals surface area contributed by atoms with E-state index in [9.17, 15) is 19.5 Å². The SMILES string of the molecule is CC(=O)CNC(=O)C1=C(O)c2cc(Cl)ccc2C2(CCCCC2)C1=O. The van der Waals surface area contributed by atoms with E-state index in [2.05, 4.69) is 5.32 Å². The number of amides is 1. The molecule has 132 valence electrons. The molecular formula is C19H20ClNO4. The molecule has 0 aromatic heterocycles. The highest BCUT2D eigenvalue weighted by atomic mass is 35.5. The van der Waals surface area contributed by atoms with E-state index < -0.39 is 11.3 Å². The molecule has 0 aliphatic heterocycles. The normalized spacial score (nSPS) is 18.9. The predicted molar refractivity (Wildman–Crippen MR) is 94.5 cm³/mol. The Bertz CT molecular complexity index is 791. The fourth-order valence-corrected chi connectivity index (χ4v) is 4.06. The van der Waals surface area contributed by atoms with Gasteiger partial charge in [-0.15, -0.1) is 0 Å². The number of benzene rings is 1. The van der Waals surface area contributed by atoms with E-state index in [0.29, 0.717) is 23.4 Å². The molecule has 1 saturated carbocycles. The molecule has 6 heteroatoms. The van der Waals surface area contributed by atoms with Crippen molar-refractivity contribution in [2.45, 2.75) is 44.4 Å². The Morgan fingerprint density at radius 3 is 2.56 bits per heavy atom. The van der Waals surface area contributed by atoms with Crippen molar-refractivity contribution < 1.29 is 19.5 Å². The standard InChI is InChI=1S/C19H20ClNO4/c1-11(22)10-21-18(25)15-16(23)13-9-12(20)5-6-14(13)19(17(15)24)7-3-2-4-8-19/h5-6,9,23H,2-4,7-8,10H2,1H3,(H,21,25). The lowest BCUT2D eigenvalue weighted by molar-refractivity contribution is -0.128. The van der Waals surface area contributed by atoms with Crippen LogP contribution in [0.1, 0.15) is 50.2 Å². The van der Waals surface area contributed by atoms with Gasteiger partial charge in [-0.05, 0) is 37.5 Å². The Morgan fingerprint density at radius 1 is 1.24 bits per heavy atom. The van der Waals surface area contributed by atoms with E-state index in [1.165, 1.54) is 6.92 Å². The predicted octanol–water partition coefficient (Wildman–Crippen LogP) is 3.10. The highest BCUT2D eigenvalue weighted by Gasteiger charge is 2.49. The summed E-state index contributed by atoms with van der Waals surface area (Å²) in [6, 6.07) is 5.08. The molecule has 0 radical (unpaired) electrons. The second-order valence-corrected chi connectivity index (χ2v) is 7.21. The number of hydrogen-bond acceptors (Lipinski definition) is 4. The van der Waals surface area contributed by atoms with E-state index >= 15 is 0 Å². The number of Topliss-reactive ketones (excluding diaryl/α,β-unsaturated/α-hetero) is 2. The van der Waals surface area contributed by atoms with Crippen molar-refractivity contribution in [2.75, 3.05) is 6.54 Å². The molecule has 2 N–H and O–H groups in total. The number of halogens is 1. The van der Waals surface area contributed by atoms with Crippen molar-refractivity contribution >= 4 is 34.8 Å². The molecule has 25 heavy (non-hydrogen) atoms. The maximum absolute atomic E-state index is 13.2. The molecule has 1 fully saturated rings. The molecule has 1 spiro atoms. The van der Waals surface area contributed by atoms with Crippen LogP contribution in [0.25, 0.3) is 5.76 Å². The number of nitrogens with one attached hydrogen (secondary N) is 1. The topological polar surface area (TPSA) is 83.5 Å². The van der Waals surface area contributed by atoms with Gasteiger partial charge in [0.25, 0.3) is 5.91 Å². The smallest absolute Gasteiger partial charge is 0.259 e. The van der Waals surface area contributed by atoms with Gasteiger partial charge in [0.1, 0.15) is 17.1 Å². The maximum atomic E-state index is 13.2. The van der Waals surface area contributed by atoms with Crippen LogP contribution >= 0.6 is 11.6 Å². The third kappa shape index (κ3) is 2.97. The van der Waals surface area contributed by atoms with Crippen LogP contribution in [0.15, 0.2) is 23.8 Å². The summed E-state index contributed by atoms with van der Waals surface area (Å²) in [6.45, 7) is 1.16. The summed E-state index contributed by atoms with van der Waals surface area (Å²) < 4.78 is 0. The minimum Gasteiger partial charge on any atom is -0.506 e. The first kappa shape index (κ1) is 17.7. The number of carbonyl (C=O) groups is 3. The van der Waals surface area contributed by atoms with Crippen molar-refractivity contribution in [2.24, 2.45) is 0 Å². The largest absolute Gasteiger partial charge is 0.506 e. The number of rotatable bonds is 3. The fraction of sp³-hybridized carbons (Fsp3) is 0.421. The summed E-state index contributed by atoms with van der Waals surface area (Å²) in [5, 5.41) is 13.5. The summed E-state index contributed by atoms with van der Waals surface area (Å²) in [5.74, 6) is -1.67. The van der Waals surface area contributed by atoms with Crippen LogP contribution in [0.3, 0.4) is 0 Å². The first-order valence-corrected chi connectivity index (χ1v) is 8.81. The quantitative estimate of drug-likeness (QED) is 0.810. The Morgan fingerprint density at radius 2 is 1.92 bits per heavy atom. The second kappa shape index (κ2) is 6.64. The monoisotopic (exact) mass is 361 g/mol.